The van der Waals surface area contributed by atoms with E-state index in [4.69, 9.17) is 9.47 Å². The van der Waals surface area contributed by atoms with Crippen LogP contribution in [0.3, 0.4) is 0 Å². The second-order valence-corrected chi connectivity index (χ2v) is 9.10. The Kier molecular flexibility index (Phi) is 6.12. The Morgan fingerprint density at radius 2 is 1.20 bits per heavy atom. The van der Waals surface area contributed by atoms with Gasteiger partial charge in [0.05, 0.1) is 14.2 Å². The van der Waals surface area contributed by atoms with Gasteiger partial charge in [0, 0.05) is 18.3 Å². The van der Waals surface area contributed by atoms with Crippen LogP contribution in [0.25, 0.3) is 33.0 Å². The molecule has 0 unspecified atom stereocenters. The van der Waals surface area contributed by atoms with Crippen LogP contribution in [0.5, 0.6) is 0 Å². The fourth-order valence-electron chi connectivity index (χ4n) is 5.50. The van der Waals surface area contributed by atoms with Gasteiger partial charge >= 0.3 is 11.9 Å². The maximum atomic E-state index is 12.2. The van der Waals surface area contributed by atoms with Gasteiger partial charge in [0.15, 0.2) is 0 Å². The van der Waals surface area contributed by atoms with Crippen LogP contribution >= 0.6 is 0 Å². The van der Waals surface area contributed by atoms with Crippen LogP contribution in [-0.4, -0.2) is 26.2 Å². The third kappa shape index (κ3) is 4.10. The molecule has 35 heavy (non-hydrogen) atoms. The molecule has 0 bridgehead atoms. The van der Waals surface area contributed by atoms with Gasteiger partial charge < -0.3 is 9.47 Å². The number of benzene rings is 4. The van der Waals surface area contributed by atoms with Crippen molar-refractivity contribution >= 4 is 22.7 Å². The molecule has 0 atom stereocenters. The number of hydrogen-bond donors (Lipinski definition) is 0. The predicted molar refractivity (Wildman–Crippen MR) is 138 cm³/mol. The molecule has 1 aliphatic rings. The van der Waals surface area contributed by atoms with E-state index in [2.05, 4.69) is 66.7 Å². The lowest BCUT2D eigenvalue weighted by Crippen LogP contribution is -2.28. The van der Waals surface area contributed by atoms with E-state index in [9.17, 15) is 9.59 Å². The summed E-state index contributed by atoms with van der Waals surface area (Å²) in [5.41, 5.74) is 6.37. The van der Waals surface area contributed by atoms with E-state index in [0.717, 1.165) is 33.4 Å². The highest BCUT2D eigenvalue weighted by Crippen LogP contribution is 2.54. The number of hydrogen-bond acceptors (Lipinski definition) is 4. The largest absolute Gasteiger partial charge is 0.469 e. The quantitative estimate of drug-likeness (QED) is 0.286. The molecule has 4 aromatic carbocycles. The molecule has 0 radical (unpaired) electrons. The molecule has 0 heterocycles. The summed E-state index contributed by atoms with van der Waals surface area (Å²) < 4.78 is 9.96. The van der Waals surface area contributed by atoms with E-state index >= 15 is 0 Å². The molecular formula is C31H28O4. The van der Waals surface area contributed by atoms with E-state index in [1.54, 1.807) is 0 Å². The first-order valence-corrected chi connectivity index (χ1v) is 11.9. The van der Waals surface area contributed by atoms with Crippen molar-refractivity contribution in [1.82, 2.24) is 0 Å². The molecule has 0 spiro atoms. The van der Waals surface area contributed by atoms with Crippen molar-refractivity contribution in [2.24, 2.45) is 0 Å². The number of ether oxygens (including phenoxy) is 2. The molecule has 5 rings (SSSR count). The molecule has 0 aliphatic heterocycles. The Hall–Kier alpha value is -3.92. The van der Waals surface area contributed by atoms with Crippen molar-refractivity contribution in [3.8, 4) is 22.3 Å². The zero-order valence-corrected chi connectivity index (χ0v) is 20.0. The first-order chi connectivity index (χ1) is 17.1. The second-order valence-electron chi connectivity index (χ2n) is 9.10. The monoisotopic (exact) mass is 464 g/mol. The van der Waals surface area contributed by atoms with E-state index in [1.165, 1.54) is 25.0 Å². The minimum atomic E-state index is -0.485. The summed E-state index contributed by atoms with van der Waals surface area (Å²) in [5.74, 6) is -0.502. The van der Waals surface area contributed by atoms with E-state index in [1.807, 2.05) is 18.2 Å². The highest BCUT2D eigenvalue weighted by atomic mass is 16.5. The maximum Gasteiger partial charge on any atom is 0.305 e. The van der Waals surface area contributed by atoms with Gasteiger partial charge in [0.25, 0.3) is 0 Å². The molecule has 0 aromatic heterocycles. The summed E-state index contributed by atoms with van der Waals surface area (Å²) >= 11 is 0. The van der Waals surface area contributed by atoms with Crippen LogP contribution in [0, 0.1) is 0 Å². The van der Waals surface area contributed by atoms with Gasteiger partial charge in [-0.2, -0.15) is 0 Å². The fraction of sp³-hybridized carbons (Fsp3) is 0.226. The number of carbonyl (C=O) groups excluding carboxylic acids is 2. The first kappa shape index (κ1) is 22.9. The smallest absolute Gasteiger partial charge is 0.305 e. The van der Waals surface area contributed by atoms with Crippen LogP contribution in [0.4, 0.5) is 0 Å². The predicted octanol–water partition coefficient (Wildman–Crippen LogP) is 6.68. The summed E-state index contributed by atoms with van der Waals surface area (Å²) in [6.45, 7) is 0. The zero-order chi connectivity index (χ0) is 24.4. The lowest BCUT2D eigenvalue weighted by molar-refractivity contribution is -0.141. The number of rotatable bonds is 7. The van der Waals surface area contributed by atoms with Gasteiger partial charge in [-0.05, 0) is 69.1 Å². The standard InChI is InChI=1S/C31H28O4/c1-34-29(32)15-17-31(18-16-30(33)35-2)27-10-6-5-9-25(27)26-14-13-24(20-28(26)31)23-12-11-21-7-3-4-8-22(21)19-23/h3-14,19-20H,15-18H2,1-2H3. The highest BCUT2D eigenvalue weighted by molar-refractivity contribution is 5.89. The number of carbonyl (C=O) groups is 2. The second kappa shape index (κ2) is 9.38. The normalized spacial score (nSPS) is 13.2. The molecule has 0 saturated carbocycles. The van der Waals surface area contributed by atoms with Crippen molar-refractivity contribution in [2.45, 2.75) is 31.1 Å². The first-order valence-electron chi connectivity index (χ1n) is 11.9. The van der Waals surface area contributed by atoms with Crippen LogP contribution < -0.4 is 0 Å². The molecule has 0 fully saturated rings. The van der Waals surface area contributed by atoms with Crippen molar-refractivity contribution < 1.29 is 19.1 Å². The number of methoxy groups -OCH3 is 2. The summed E-state index contributed by atoms with van der Waals surface area (Å²) in [6.07, 6.45) is 1.65. The highest BCUT2D eigenvalue weighted by Gasteiger charge is 2.43. The summed E-state index contributed by atoms with van der Waals surface area (Å²) in [7, 11) is 2.83. The number of fused-ring (bicyclic) bond motifs is 4. The van der Waals surface area contributed by atoms with Crippen LogP contribution in [-0.2, 0) is 24.5 Å². The molecule has 4 heteroatoms. The molecule has 4 nitrogen and oxygen atoms in total. The van der Waals surface area contributed by atoms with Crippen LogP contribution in [0.2, 0.25) is 0 Å². The third-order valence-corrected chi connectivity index (χ3v) is 7.32. The van der Waals surface area contributed by atoms with E-state index in [-0.39, 0.29) is 24.8 Å². The van der Waals surface area contributed by atoms with Gasteiger partial charge in [-0.1, -0.05) is 72.8 Å². The Balaban J connectivity index is 1.66. The molecule has 0 amide bonds. The SMILES string of the molecule is COC(=O)CCC1(CCC(=O)OC)c2ccccc2-c2ccc(-c3ccc4ccccc4c3)cc21. The minimum Gasteiger partial charge on any atom is -0.469 e. The van der Waals surface area contributed by atoms with Crippen molar-refractivity contribution in [2.75, 3.05) is 14.2 Å². The molecule has 1 aliphatic carbocycles. The van der Waals surface area contributed by atoms with Gasteiger partial charge in [0.2, 0.25) is 0 Å². The van der Waals surface area contributed by atoms with Crippen molar-refractivity contribution in [3.05, 3.63) is 96.1 Å². The Morgan fingerprint density at radius 1 is 0.629 bits per heavy atom. The fourth-order valence-corrected chi connectivity index (χ4v) is 5.50. The van der Waals surface area contributed by atoms with E-state index in [0.29, 0.717) is 12.8 Å². The lowest BCUT2D eigenvalue weighted by atomic mass is 9.71. The Bertz CT molecular complexity index is 1400. The van der Waals surface area contributed by atoms with Gasteiger partial charge in [-0.15, -0.1) is 0 Å². The van der Waals surface area contributed by atoms with E-state index < -0.39 is 5.41 Å². The average molecular weight is 465 g/mol. The topological polar surface area (TPSA) is 52.6 Å². The molecule has 4 aromatic rings. The summed E-state index contributed by atoms with van der Waals surface area (Å²) in [5, 5.41) is 2.40. The zero-order valence-electron chi connectivity index (χ0n) is 20.0. The molecule has 176 valence electrons. The van der Waals surface area contributed by atoms with Gasteiger partial charge in [-0.3, -0.25) is 9.59 Å². The van der Waals surface area contributed by atoms with Gasteiger partial charge in [0.1, 0.15) is 0 Å². The summed E-state index contributed by atoms with van der Waals surface area (Å²) in [6, 6.07) is 29.7. The van der Waals surface area contributed by atoms with Crippen molar-refractivity contribution in [3.63, 3.8) is 0 Å². The molecule has 0 saturated heterocycles. The minimum absolute atomic E-state index is 0.251. The maximum absolute atomic E-state index is 12.2. The van der Waals surface area contributed by atoms with Crippen LogP contribution in [0.1, 0.15) is 36.8 Å². The molecule has 0 N–H and O–H groups in total. The van der Waals surface area contributed by atoms with Gasteiger partial charge in [-0.25, -0.2) is 0 Å². The Morgan fingerprint density at radius 3 is 1.91 bits per heavy atom. The van der Waals surface area contributed by atoms with Crippen LogP contribution in [0.15, 0.2) is 84.9 Å². The average Bonchev–Trinajstić information content (AvgIpc) is 3.19. The molecular weight excluding hydrogens is 436 g/mol. The van der Waals surface area contributed by atoms with Crippen molar-refractivity contribution in [1.29, 1.82) is 0 Å². The Labute approximate surface area is 205 Å². The summed E-state index contributed by atoms with van der Waals surface area (Å²) in [4.78, 5) is 24.5. The lowest BCUT2D eigenvalue weighted by Gasteiger charge is -2.32. The third-order valence-electron chi connectivity index (χ3n) is 7.32. The number of esters is 2.